The monoisotopic (exact) mass is 316 g/mol. The van der Waals surface area contributed by atoms with E-state index in [1.54, 1.807) is 0 Å². The smallest absolute Gasteiger partial charge is 0.293 e. The minimum absolute atomic E-state index is 0.672. The molecule has 0 saturated carbocycles. The minimum atomic E-state index is -0.694. The maximum atomic E-state index is 11.0. The summed E-state index contributed by atoms with van der Waals surface area (Å²) >= 11 is 0. The number of aryl methyl sites for hydroxylation is 2. The molecule has 4 heteroatoms. The maximum absolute atomic E-state index is 11.0. The van der Waals surface area contributed by atoms with Crippen LogP contribution in [0.4, 0.5) is 0 Å². The van der Waals surface area contributed by atoms with Crippen LogP contribution in [0.1, 0.15) is 22.3 Å². The average molecular weight is 316 g/mol. The summed E-state index contributed by atoms with van der Waals surface area (Å²) in [4.78, 5) is 22.0. The Morgan fingerprint density at radius 2 is 1.12 bits per heavy atom. The minimum Gasteiger partial charge on any atom is -0.359 e. The van der Waals surface area contributed by atoms with Crippen LogP contribution in [0.5, 0.6) is 0 Å². The molecule has 4 nitrogen and oxygen atoms in total. The Balaban J connectivity index is 2.79. The van der Waals surface area contributed by atoms with E-state index in [1.807, 2.05) is 50.2 Å². The van der Waals surface area contributed by atoms with E-state index >= 15 is 0 Å². The fraction of sp³-hybridized carbons (Fsp3) is 0.100. The van der Waals surface area contributed by atoms with Crippen LogP contribution >= 0.6 is 0 Å². The van der Waals surface area contributed by atoms with Gasteiger partial charge in [-0.15, -0.1) is 0 Å². The number of nitrogens with two attached hydrogens (primary N) is 2. The van der Waals surface area contributed by atoms with Gasteiger partial charge in [-0.25, -0.2) is 0 Å². The SMILES string of the molecule is Cc1cccc(C#CC(N)=O)c1-c1c(C)cccc1C#CC(N)=O. The van der Waals surface area contributed by atoms with Gasteiger partial charge in [-0.2, -0.15) is 0 Å². The van der Waals surface area contributed by atoms with Gasteiger partial charge in [0.1, 0.15) is 0 Å². The summed E-state index contributed by atoms with van der Waals surface area (Å²) in [6, 6.07) is 11.2. The molecule has 0 unspecified atom stereocenters. The van der Waals surface area contributed by atoms with E-state index in [4.69, 9.17) is 11.5 Å². The van der Waals surface area contributed by atoms with Crippen LogP contribution in [0, 0.1) is 37.5 Å². The fourth-order valence-corrected chi connectivity index (χ4v) is 2.47. The van der Waals surface area contributed by atoms with Crippen molar-refractivity contribution in [2.45, 2.75) is 13.8 Å². The molecule has 0 radical (unpaired) electrons. The standard InChI is InChI=1S/C20H16N2O2/c1-13-5-3-7-15(9-11-17(21)23)19(13)20-14(2)6-4-8-16(20)10-12-18(22)24/h3-8H,1-2H3,(H2,21,23)(H2,22,24). The molecule has 0 aliphatic heterocycles. The van der Waals surface area contributed by atoms with E-state index in [-0.39, 0.29) is 0 Å². The first-order valence-electron chi connectivity index (χ1n) is 7.22. The van der Waals surface area contributed by atoms with Crippen molar-refractivity contribution in [2.24, 2.45) is 11.5 Å². The largest absolute Gasteiger partial charge is 0.359 e. The van der Waals surface area contributed by atoms with Gasteiger partial charge in [0.2, 0.25) is 0 Å². The highest BCUT2D eigenvalue weighted by Gasteiger charge is 2.13. The number of hydrogen-bond acceptors (Lipinski definition) is 2. The van der Waals surface area contributed by atoms with Gasteiger partial charge in [0.25, 0.3) is 11.8 Å². The van der Waals surface area contributed by atoms with Gasteiger partial charge in [0.05, 0.1) is 0 Å². The summed E-state index contributed by atoms with van der Waals surface area (Å²) in [7, 11) is 0. The Morgan fingerprint density at radius 1 is 0.750 bits per heavy atom. The van der Waals surface area contributed by atoms with Crippen molar-refractivity contribution in [3.8, 4) is 34.8 Å². The predicted molar refractivity (Wildman–Crippen MR) is 93.5 cm³/mol. The van der Waals surface area contributed by atoms with Crippen molar-refractivity contribution < 1.29 is 9.59 Å². The molecule has 0 atom stereocenters. The average Bonchev–Trinajstić information content (AvgIpc) is 2.51. The second kappa shape index (κ2) is 7.17. The highest BCUT2D eigenvalue weighted by Crippen LogP contribution is 2.32. The van der Waals surface area contributed by atoms with Crippen LogP contribution in [0.25, 0.3) is 11.1 Å². The van der Waals surface area contributed by atoms with Crippen molar-refractivity contribution in [1.82, 2.24) is 0 Å². The first kappa shape index (κ1) is 16.9. The zero-order valence-corrected chi connectivity index (χ0v) is 13.4. The molecular weight excluding hydrogens is 300 g/mol. The summed E-state index contributed by atoms with van der Waals surface area (Å²) in [5.41, 5.74) is 15.3. The van der Waals surface area contributed by atoms with Crippen molar-refractivity contribution in [3.63, 3.8) is 0 Å². The van der Waals surface area contributed by atoms with Gasteiger partial charge >= 0.3 is 0 Å². The third-order valence-electron chi connectivity index (χ3n) is 3.44. The van der Waals surface area contributed by atoms with Crippen LogP contribution in [-0.2, 0) is 9.59 Å². The highest BCUT2D eigenvalue weighted by molar-refractivity contribution is 5.94. The van der Waals surface area contributed by atoms with Crippen molar-refractivity contribution in [1.29, 1.82) is 0 Å². The number of carbonyl (C=O) groups excluding carboxylic acids is 2. The second-order valence-electron chi connectivity index (χ2n) is 5.22. The van der Waals surface area contributed by atoms with E-state index in [9.17, 15) is 9.59 Å². The third kappa shape index (κ3) is 3.82. The molecular formula is C20H16N2O2. The van der Waals surface area contributed by atoms with E-state index in [2.05, 4.69) is 23.7 Å². The Kier molecular flexibility index (Phi) is 5.04. The lowest BCUT2D eigenvalue weighted by molar-refractivity contribution is -0.113. The quantitative estimate of drug-likeness (QED) is 0.784. The summed E-state index contributed by atoms with van der Waals surface area (Å²) < 4.78 is 0. The van der Waals surface area contributed by atoms with E-state index < -0.39 is 11.8 Å². The van der Waals surface area contributed by atoms with Gasteiger partial charge in [-0.3, -0.25) is 9.59 Å². The number of primary amides is 2. The van der Waals surface area contributed by atoms with Crippen molar-refractivity contribution in [2.75, 3.05) is 0 Å². The van der Waals surface area contributed by atoms with Gasteiger partial charge in [0.15, 0.2) is 0 Å². The molecule has 0 heterocycles. The van der Waals surface area contributed by atoms with Crippen LogP contribution in [0.3, 0.4) is 0 Å². The zero-order chi connectivity index (χ0) is 17.7. The van der Waals surface area contributed by atoms with Gasteiger partial charge in [-0.1, -0.05) is 36.1 Å². The van der Waals surface area contributed by atoms with Crippen LogP contribution < -0.4 is 11.5 Å². The topological polar surface area (TPSA) is 86.2 Å². The van der Waals surface area contributed by atoms with E-state index in [0.29, 0.717) is 11.1 Å². The lowest BCUT2D eigenvalue weighted by Crippen LogP contribution is -2.06. The molecule has 2 aromatic rings. The Hall–Kier alpha value is -3.50. The Labute approximate surface area is 140 Å². The molecule has 2 rings (SSSR count). The number of hydrogen-bond donors (Lipinski definition) is 2. The molecule has 2 aromatic carbocycles. The molecule has 0 aliphatic rings. The van der Waals surface area contributed by atoms with E-state index in [1.165, 1.54) is 0 Å². The van der Waals surface area contributed by atoms with Gasteiger partial charge in [0, 0.05) is 34.1 Å². The fourth-order valence-electron chi connectivity index (χ4n) is 2.47. The molecule has 0 aromatic heterocycles. The molecule has 0 spiro atoms. The summed E-state index contributed by atoms with van der Waals surface area (Å²) in [6.07, 6.45) is 0. The molecule has 0 saturated heterocycles. The number of amides is 2. The number of carbonyl (C=O) groups is 2. The molecule has 24 heavy (non-hydrogen) atoms. The van der Waals surface area contributed by atoms with Gasteiger partial charge in [-0.05, 0) is 37.1 Å². The summed E-state index contributed by atoms with van der Waals surface area (Å²) in [5.74, 6) is 8.96. The van der Waals surface area contributed by atoms with Gasteiger partial charge < -0.3 is 11.5 Å². The molecule has 0 bridgehead atoms. The second-order valence-corrected chi connectivity index (χ2v) is 5.22. The van der Waals surface area contributed by atoms with Crippen molar-refractivity contribution in [3.05, 3.63) is 58.7 Å². The molecule has 2 amide bonds. The third-order valence-corrected chi connectivity index (χ3v) is 3.44. The number of benzene rings is 2. The van der Waals surface area contributed by atoms with Crippen molar-refractivity contribution >= 4 is 11.8 Å². The predicted octanol–water partition coefficient (Wildman–Crippen LogP) is 1.64. The first-order chi connectivity index (χ1) is 11.4. The molecule has 4 N–H and O–H groups in total. The van der Waals surface area contributed by atoms with Crippen LogP contribution in [0.15, 0.2) is 36.4 Å². The lowest BCUT2D eigenvalue weighted by Gasteiger charge is -2.14. The maximum Gasteiger partial charge on any atom is 0.293 e. The normalized spacial score (nSPS) is 9.25. The molecule has 0 fully saturated rings. The Bertz CT molecular complexity index is 872. The van der Waals surface area contributed by atoms with Crippen LogP contribution in [0.2, 0.25) is 0 Å². The lowest BCUT2D eigenvalue weighted by atomic mass is 9.89. The molecule has 118 valence electrons. The summed E-state index contributed by atoms with van der Waals surface area (Å²) in [5, 5.41) is 0. The van der Waals surface area contributed by atoms with E-state index in [0.717, 1.165) is 22.3 Å². The first-order valence-corrected chi connectivity index (χ1v) is 7.22. The highest BCUT2D eigenvalue weighted by atomic mass is 16.1. The van der Waals surface area contributed by atoms with Crippen LogP contribution in [-0.4, -0.2) is 11.8 Å². The Morgan fingerprint density at radius 3 is 1.46 bits per heavy atom. The zero-order valence-electron chi connectivity index (χ0n) is 13.4. The summed E-state index contributed by atoms with van der Waals surface area (Å²) in [6.45, 7) is 3.89. The number of rotatable bonds is 1. The molecule has 0 aliphatic carbocycles.